The SMILES string of the molecule is CC(C)NC(=O)[C@@H]1CN(Cc2ccccc2)C[C@@]12CCc1ccccc1[C@@H]2NC(=O)[C@@H](C)N. The van der Waals surface area contributed by atoms with Crippen molar-refractivity contribution in [3.05, 3.63) is 71.3 Å². The standard InChI is InChI=1S/C27H36N4O2/c1-18(2)29-26(33)23-16-31(15-20-9-5-4-6-10-20)17-27(23)14-13-21-11-7-8-12-22(21)24(27)30-25(32)19(3)28/h4-12,18-19,23-24H,13-17,28H2,1-3H3,(H,29,33)(H,30,32)/t19-,23+,24+,27+/m1/s1. The maximum absolute atomic E-state index is 13.5. The van der Waals surface area contributed by atoms with Crippen LogP contribution in [0.3, 0.4) is 0 Å². The highest BCUT2D eigenvalue weighted by molar-refractivity contribution is 5.83. The van der Waals surface area contributed by atoms with Crippen molar-refractivity contribution in [1.82, 2.24) is 15.5 Å². The van der Waals surface area contributed by atoms with Crippen molar-refractivity contribution >= 4 is 11.8 Å². The molecule has 1 aliphatic carbocycles. The molecule has 176 valence electrons. The van der Waals surface area contributed by atoms with Gasteiger partial charge in [0.05, 0.1) is 18.0 Å². The monoisotopic (exact) mass is 448 g/mol. The van der Waals surface area contributed by atoms with Crippen molar-refractivity contribution in [2.75, 3.05) is 13.1 Å². The van der Waals surface area contributed by atoms with E-state index in [2.05, 4.69) is 39.8 Å². The molecule has 2 aliphatic rings. The Kier molecular flexibility index (Phi) is 6.86. The van der Waals surface area contributed by atoms with E-state index in [4.69, 9.17) is 5.73 Å². The van der Waals surface area contributed by atoms with Crippen LogP contribution in [0.25, 0.3) is 0 Å². The molecule has 0 bridgehead atoms. The molecule has 0 aromatic heterocycles. The van der Waals surface area contributed by atoms with Gasteiger partial charge in [0.15, 0.2) is 0 Å². The Morgan fingerprint density at radius 1 is 1.09 bits per heavy atom. The number of nitrogens with zero attached hydrogens (tertiary/aromatic N) is 1. The lowest BCUT2D eigenvalue weighted by Gasteiger charge is -2.46. The number of rotatable bonds is 6. The minimum Gasteiger partial charge on any atom is -0.354 e. The average Bonchev–Trinajstić information content (AvgIpc) is 3.14. The molecule has 2 aromatic rings. The number of carbonyl (C=O) groups is 2. The maximum atomic E-state index is 13.5. The van der Waals surface area contributed by atoms with Gasteiger partial charge in [0.25, 0.3) is 0 Å². The van der Waals surface area contributed by atoms with E-state index in [-0.39, 0.29) is 29.8 Å². The number of amides is 2. The number of fused-ring (bicyclic) bond motifs is 1. The fraction of sp³-hybridized carbons (Fsp3) is 0.481. The molecule has 1 saturated heterocycles. The molecule has 4 rings (SSSR count). The van der Waals surface area contributed by atoms with Crippen LogP contribution in [0.5, 0.6) is 0 Å². The van der Waals surface area contributed by atoms with Gasteiger partial charge in [0.2, 0.25) is 11.8 Å². The second-order valence-corrected chi connectivity index (χ2v) is 10.0. The van der Waals surface area contributed by atoms with Crippen LogP contribution >= 0.6 is 0 Å². The van der Waals surface area contributed by atoms with Crippen molar-refractivity contribution < 1.29 is 9.59 Å². The van der Waals surface area contributed by atoms with Crippen LogP contribution in [-0.2, 0) is 22.6 Å². The van der Waals surface area contributed by atoms with Gasteiger partial charge < -0.3 is 16.4 Å². The highest BCUT2D eigenvalue weighted by Crippen LogP contribution is 2.53. The first-order valence-corrected chi connectivity index (χ1v) is 12.0. The number of nitrogens with one attached hydrogen (secondary N) is 2. The van der Waals surface area contributed by atoms with E-state index in [1.165, 1.54) is 11.1 Å². The second kappa shape index (κ2) is 9.65. The minimum absolute atomic E-state index is 0.0608. The van der Waals surface area contributed by atoms with Crippen LogP contribution in [0.1, 0.15) is 49.9 Å². The molecule has 6 heteroatoms. The first-order chi connectivity index (χ1) is 15.8. The third-order valence-electron chi connectivity index (χ3n) is 7.15. The van der Waals surface area contributed by atoms with Gasteiger partial charge in [-0.25, -0.2) is 0 Å². The van der Waals surface area contributed by atoms with Gasteiger partial charge in [0, 0.05) is 31.1 Å². The van der Waals surface area contributed by atoms with Crippen LogP contribution in [-0.4, -0.2) is 41.9 Å². The van der Waals surface area contributed by atoms with Crippen molar-refractivity contribution in [3.63, 3.8) is 0 Å². The third-order valence-corrected chi connectivity index (χ3v) is 7.15. The van der Waals surface area contributed by atoms with E-state index >= 15 is 0 Å². The lowest BCUT2D eigenvalue weighted by atomic mass is 9.62. The highest BCUT2D eigenvalue weighted by atomic mass is 16.2. The van der Waals surface area contributed by atoms with E-state index in [1.807, 2.05) is 44.2 Å². The van der Waals surface area contributed by atoms with Crippen molar-refractivity contribution in [2.24, 2.45) is 17.1 Å². The Balaban J connectivity index is 1.74. The summed E-state index contributed by atoms with van der Waals surface area (Å²) in [7, 11) is 0. The van der Waals surface area contributed by atoms with Crippen molar-refractivity contribution in [1.29, 1.82) is 0 Å². The van der Waals surface area contributed by atoms with E-state index in [1.54, 1.807) is 6.92 Å². The van der Waals surface area contributed by atoms with Gasteiger partial charge in [-0.3, -0.25) is 14.5 Å². The zero-order valence-corrected chi connectivity index (χ0v) is 19.9. The number of carbonyl (C=O) groups excluding carboxylic acids is 2. The smallest absolute Gasteiger partial charge is 0.237 e. The zero-order chi connectivity index (χ0) is 23.6. The number of hydrogen-bond donors (Lipinski definition) is 3. The van der Waals surface area contributed by atoms with Gasteiger partial charge in [-0.1, -0.05) is 54.6 Å². The second-order valence-electron chi connectivity index (χ2n) is 10.0. The fourth-order valence-corrected chi connectivity index (χ4v) is 5.63. The molecular weight excluding hydrogens is 412 g/mol. The molecule has 1 aliphatic heterocycles. The summed E-state index contributed by atoms with van der Waals surface area (Å²) in [5.41, 5.74) is 9.13. The summed E-state index contributed by atoms with van der Waals surface area (Å²) in [6.07, 6.45) is 1.74. The predicted molar refractivity (Wildman–Crippen MR) is 130 cm³/mol. The summed E-state index contributed by atoms with van der Waals surface area (Å²) in [5, 5.41) is 6.42. The Hall–Kier alpha value is -2.70. The molecule has 1 fully saturated rings. The molecule has 4 atom stereocenters. The summed E-state index contributed by atoms with van der Waals surface area (Å²) in [4.78, 5) is 28.7. The summed E-state index contributed by atoms with van der Waals surface area (Å²) in [6, 6.07) is 17.8. The summed E-state index contributed by atoms with van der Waals surface area (Å²) in [6.45, 7) is 7.88. The average molecular weight is 449 g/mol. The number of hydrogen-bond acceptors (Lipinski definition) is 4. The van der Waals surface area contributed by atoms with E-state index in [0.29, 0.717) is 6.54 Å². The third kappa shape index (κ3) is 4.82. The van der Waals surface area contributed by atoms with Crippen LogP contribution in [0.2, 0.25) is 0 Å². The van der Waals surface area contributed by atoms with Gasteiger partial charge in [-0.2, -0.15) is 0 Å². The van der Waals surface area contributed by atoms with Crippen molar-refractivity contribution in [2.45, 2.75) is 58.3 Å². The Morgan fingerprint density at radius 3 is 2.48 bits per heavy atom. The van der Waals surface area contributed by atoms with Crippen LogP contribution in [0.15, 0.2) is 54.6 Å². The molecule has 6 nitrogen and oxygen atoms in total. The Labute approximate surface area is 196 Å². The number of likely N-dealkylation sites (tertiary alicyclic amines) is 1. The lowest BCUT2D eigenvalue weighted by Crippen LogP contribution is -2.54. The van der Waals surface area contributed by atoms with Gasteiger partial charge in [-0.05, 0) is 50.3 Å². The van der Waals surface area contributed by atoms with E-state index in [0.717, 1.165) is 31.5 Å². The predicted octanol–water partition coefficient (Wildman–Crippen LogP) is 2.78. The molecule has 0 radical (unpaired) electrons. The number of benzene rings is 2. The Morgan fingerprint density at radius 2 is 1.79 bits per heavy atom. The largest absolute Gasteiger partial charge is 0.354 e. The molecule has 4 N–H and O–H groups in total. The number of aryl methyl sites for hydroxylation is 1. The highest BCUT2D eigenvalue weighted by Gasteiger charge is 2.56. The summed E-state index contributed by atoms with van der Waals surface area (Å²) < 4.78 is 0. The maximum Gasteiger partial charge on any atom is 0.237 e. The van der Waals surface area contributed by atoms with E-state index < -0.39 is 11.5 Å². The van der Waals surface area contributed by atoms with Crippen LogP contribution < -0.4 is 16.4 Å². The summed E-state index contributed by atoms with van der Waals surface area (Å²) in [5.74, 6) is -0.337. The fourth-order valence-electron chi connectivity index (χ4n) is 5.63. The van der Waals surface area contributed by atoms with E-state index in [9.17, 15) is 9.59 Å². The molecule has 1 spiro atoms. The first kappa shape index (κ1) is 23.5. The first-order valence-electron chi connectivity index (χ1n) is 12.0. The molecular formula is C27H36N4O2. The molecule has 0 saturated carbocycles. The van der Waals surface area contributed by atoms with Crippen LogP contribution in [0.4, 0.5) is 0 Å². The minimum atomic E-state index is -0.610. The molecule has 2 aromatic carbocycles. The molecule has 0 unspecified atom stereocenters. The van der Waals surface area contributed by atoms with Crippen LogP contribution in [0, 0.1) is 11.3 Å². The van der Waals surface area contributed by atoms with Gasteiger partial charge >= 0.3 is 0 Å². The molecule has 33 heavy (non-hydrogen) atoms. The van der Waals surface area contributed by atoms with Crippen molar-refractivity contribution in [3.8, 4) is 0 Å². The topological polar surface area (TPSA) is 87.5 Å². The number of nitrogens with two attached hydrogens (primary N) is 1. The van der Waals surface area contributed by atoms with Gasteiger partial charge in [0.1, 0.15) is 0 Å². The normalized spacial score (nSPS) is 25.6. The summed E-state index contributed by atoms with van der Waals surface area (Å²) >= 11 is 0. The van der Waals surface area contributed by atoms with Gasteiger partial charge in [-0.15, -0.1) is 0 Å². The Bertz CT molecular complexity index is 991. The molecule has 2 amide bonds. The zero-order valence-electron chi connectivity index (χ0n) is 19.9. The molecule has 1 heterocycles. The quantitative estimate of drug-likeness (QED) is 0.634. The lowest BCUT2D eigenvalue weighted by molar-refractivity contribution is -0.131.